The Morgan fingerprint density at radius 2 is 2.00 bits per heavy atom. The number of nitrogens with zero attached hydrogens (tertiary/aromatic N) is 1. The van der Waals surface area contributed by atoms with Gasteiger partial charge in [-0.25, -0.2) is 4.79 Å². The summed E-state index contributed by atoms with van der Waals surface area (Å²) in [5.41, 5.74) is -0.851. The molecule has 0 radical (unpaired) electrons. The van der Waals surface area contributed by atoms with Crippen LogP contribution in [0.3, 0.4) is 0 Å². The first-order valence-corrected chi connectivity index (χ1v) is 6.84. The van der Waals surface area contributed by atoms with E-state index in [2.05, 4.69) is 16.0 Å². The van der Waals surface area contributed by atoms with Gasteiger partial charge in [0.2, 0.25) is 5.91 Å². The van der Waals surface area contributed by atoms with Gasteiger partial charge in [-0.2, -0.15) is 0 Å². The van der Waals surface area contributed by atoms with Crippen LogP contribution in [0.2, 0.25) is 0 Å². The second-order valence-corrected chi connectivity index (χ2v) is 5.67. The van der Waals surface area contributed by atoms with Crippen molar-refractivity contribution in [3.05, 3.63) is 0 Å². The summed E-state index contributed by atoms with van der Waals surface area (Å²) in [6.45, 7) is 1.30. The van der Waals surface area contributed by atoms with Crippen LogP contribution in [0.15, 0.2) is 0 Å². The molecule has 0 saturated carbocycles. The Labute approximate surface area is 115 Å². The molecule has 20 heavy (non-hydrogen) atoms. The molecule has 3 fully saturated rings. The van der Waals surface area contributed by atoms with E-state index in [4.69, 9.17) is 0 Å². The predicted molar refractivity (Wildman–Crippen MR) is 67.6 cm³/mol. The average Bonchev–Trinajstić information content (AvgIpc) is 2.95. The summed E-state index contributed by atoms with van der Waals surface area (Å²) in [4.78, 5) is 37.0. The molecule has 4 amide bonds. The molecule has 4 N–H and O–H groups in total. The standard InChI is InChI=1S/C12H18N4O4/c17-7-5-8(13-6-7)9(18)16-3-1-12(2-4-16)10(19)14-11(20)15-12/h7-8,13,17H,1-6H2,(H2,14,15,19,20). The summed E-state index contributed by atoms with van der Waals surface area (Å²) in [5.74, 6) is -0.342. The first-order chi connectivity index (χ1) is 9.50. The van der Waals surface area contributed by atoms with Crippen molar-refractivity contribution in [1.29, 1.82) is 0 Å². The Bertz CT molecular complexity index is 458. The quantitative estimate of drug-likeness (QED) is 0.412. The van der Waals surface area contributed by atoms with Crippen LogP contribution >= 0.6 is 0 Å². The van der Waals surface area contributed by atoms with E-state index in [1.54, 1.807) is 4.90 Å². The van der Waals surface area contributed by atoms with Gasteiger partial charge in [0.25, 0.3) is 5.91 Å². The maximum Gasteiger partial charge on any atom is 0.322 e. The number of hydrogen-bond acceptors (Lipinski definition) is 5. The molecule has 3 aliphatic heterocycles. The summed E-state index contributed by atoms with van der Waals surface area (Å²) in [5, 5.41) is 17.3. The molecule has 8 nitrogen and oxygen atoms in total. The van der Waals surface area contributed by atoms with Gasteiger partial charge in [0.15, 0.2) is 0 Å². The van der Waals surface area contributed by atoms with Gasteiger partial charge < -0.3 is 20.6 Å². The fourth-order valence-electron chi connectivity index (χ4n) is 3.11. The Morgan fingerprint density at radius 1 is 1.30 bits per heavy atom. The average molecular weight is 282 g/mol. The molecule has 3 saturated heterocycles. The van der Waals surface area contributed by atoms with Crippen LogP contribution in [0.4, 0.5) is 4.79 Å². The third kappa shape index (κ3) is 2.14. The zero-order chi connectivity index (χ0) is 14.3. The highest BCUT2D eigenvalue weighted by molar-refractivity contribution is 6.07. The number of likely N-dealkylation sites (tertiary alicyclic amines) is 1. The van der Waals surface area contributed by atoms with Gasteiger partial charge in [0.05, 0.1) is 12.1 Å². The number of piperidine rings is 1. The molecule has 3 aliphatic rings. The lowest BCUT2D eigenvalue weighted by molar-refractivity contribution is -0.137. The van der Waals surface area contributed by atoms with Crippen LogP contribution in [-0.4, -0.2) is 65.2 Å². The topological polar surface area (TPSA) is 111 Å². The molecule has 0 bridgehead atoms. The van der Waals surface area contributed by atoms with E-state index >= 15 is 0 Å². The number of urea groups is 1. The molecule has 110 valence electrons. The third-order valence-corrected chi connectivity index (χ3v) is 4.35. The van der Waals surface area contributed by atoms with E-state index < -0.39 is 17.7 Å². The van der Waals surface area contributed by atoms with Crippen molar-refractivity contribution in [1.82, 2.24) is 20.9 Å². The molecule has 0 aromatic heterocycles. The van der Waals surface area contributed by atoms with Crippen molar-refractivity contribution in [2.24, 2.45) is 0 Å². The van der Waals surface area contributed by atoms with E-state index in [0.29, 0.717) is 38.9 Å². The van der Waals surface area contributed by atoms with Gasteiger partial charge in [-0.05, 0) is 19.3 Å². The number of aliphatic hydroxyl groups excluding tert-OH is 1. The predicted octanol–water partition coefficient (Wildman–Crippen LogP) is -2.09. The maximum absolute atomic E-state index is 12.3. The monoisotopic (exact) mass is 282 g/mol. The minimum Gasteiger partial charge on any atom is -0.392 e. The van der Waals surface area contributed by atoms with E-state index in [1.165, 1.54) is 0 Å². The molecular formula is C12H18N4O4. The smallest absolute Gasteiger partial charge is 0.322 e. The largest absolute Gasteiger partial charge is 0.392 e. The van der Waals surface area contributed by atoms with E-state index in [9.17, 15) is 19.5 Å². The summed E-state index contributed by atoms with van der Waals surface area (Å²) >= 11 is 0. The van der Waals surface area contributed by atoms with Gasteiger partial charge in [0.1, 0.15) is 5.54 Å². The first kappa shape index (κ1) is 13.3. The minimum absolute atomic E-state index is 0.0406. The number of carbonyl (C=O) groups excluding carboxylic acids is 3. The van der Waals surface area contributed by atoms with Crippen molar-refractivity contribution in [2.45, 2.75) is 36.9 Å². The number of amides is 4. The molecule has 0 aromatic rings. The highest BCUT2D eigenvalue weighted by Gasteiger charge is 2.48. The molecule has 2 atom stereocenters. The van der Waals surface area contributed by atoms with Gasteiger partial charge in [-0.15, -0.1) is 0 Å². The number of nitrogens with one attached hydrogen (secondary N) is 3. The summed E-state index contributed by atoms with van der Waals surface area (Å²) in [7, 11) is 0. The second-order valence-electron chi connectivity index (χ2n) is 5.67. The number of β-amino-alcohol motifs (C(OH)–C–C–N with tert-alkyl or cyclic N) is 1. The normalized spacial score (nSPS) is 32.4. The molecule has 0 aromatic carbocycles. The number of aliphatic hydroxyl groups is 1. The first-order valence-electron chi connectivity index (χ1n) is 6.84. The van der Waals surface area contributed by atoms with Crippen molar-refractivity contribution < 1.29 is 19.5 Å². The van der Waals surface area contributed by atoms with Crippen molar-refractivity contribution in [3.63, 3.8) is 0 Å². The fourth-order valence-corrected chi connectivity index (χ4v) is 3.11. The van der Waals surface area contributed by atoms with Gasteiger partial charge in [-0.3, -0.25) is 14.9 Å². The van der Waals surface area contributed by atoms with Gasteiger partial charge >= 0.3 is 6.03 Å². The Hall–Kier alpha value is -1.67. The molecule has 3 heterocycles. The van der Waals surface area contributed by atoms with Crippen molar-refractivity contribution >= 4 is 17.8 Å². The van der Waals surface area contributed by atoms with Crippen LogP contribution in [0, 0.1) is 0 Å². The zero-order valence-corrected chi connectivity index (χ0v) is 11.0. The Balaban J connectivity index is 1.60. The van der Waals surface area contributed by atoms with Crippen LogP contribution < -0.4 is 16.0 Å². The van der Waals surface area contributed by atoms with Crippen LogP contribution in [0.1, 0.15) is 19.3 Å². The van der Waals surface area contributed by atoms with Gasteiger partial charge in [0, 0.05) is 19.6 Å². The molecule has 8 heteroatoms. The Kier molecular flexibility index (Phi) is 3.14. The SMILES string of the molecule is O=C1NC(=O)C2(CCN(C(=O)C3CC(O)CN3)CC2)N1. The summed E-state index contributed by atoms with van der Waals surface area (Å²) < 4.78 is 0. The lowest BCUT2D eigenvalue weighted by atomic mass is 9.87. The van der Waals surface area contributed by atoms with Crippen LogP contribution in [0.5, 0.6) is 0 Å². The van der Waals surface area contributed by atoms with Crippen LogP contribution in [0.25, 0.3) is 0 Å². The second kappa shape index (κ2) is 4.71. The van der Waals surface area contributed by atoms with E-state index in [-0.39, 0.29) is 17.9 Å². The number of carbonyl (C=O) groups is 3. The molecule has 2 unspecified atom stereocenters. The van der Waals surface area contributed by atoms with Crippen molar-refractivity contribution in [2.75, 3.05) is 19.6 Å². The lowest BCUT2D eigenvalue weighted by Gasteiger charge is -2.37. The highest BCUT2D eigenvalue weighted by atomic mass is 16.3. The summed E-state index contributed by atoms with van der Waals surface area (Å²) in [6.07, 6.45) is 0.800. The summed E-state index contributed by atoms with van der Waals surface area (Å²) in [6, 6.07) is -0.804. The molecular weight excluding hydrogens is 264 g/mol. The van der Waals surface area contributed by atoms with Gasteiger partial charge in [-0.1, -0.05) is 0 Å². The number of hydrogen-bond donors (Lipinski definition) is 4. The Morgan fingerprint density at radius 3 is 2.50 bits per heavy atom. The molecule has 0 aliphatic carbocycles. The molecule has 3 rings (SSSR count). The van der Waals surface area contributed by atoms with Crippen LogP contribution in [-0.2, 0) is 9.59 Å². The fraction of sp³-hybridized carbons (Fsp3) is 0.750. The van der Waals surface area contributed by atoms with E-state index in [0.717, 1.165) is 0 Å². The highest BCUT2D eigenvalue weighted by Crippen LogP contribution is 2.26. The molecule has 1 spiro atoms. The third-order valence-electron chi connectivity index (χ3n) is 4.35. The number of imide groups is 1. The van der Waals surface area contributed by atoms with E-state index in [1.807, 2.05) is 0 Å². The minimum atomic E-state index is -0.851. The lowest BCUT2D eigenvalue weighted by Crippen LogP contribution is -2.57. The maximum atomic E-state index is 12.3. The number of rotatable bonds is 1. The van der Waals surface area contributed by atoms with Crippen molar-refractivity contribution in [3.8, 4) is 0 Å². The zero-order valence-electron chi connectivity index (χ0n) is 11.0.